The maximum absolute atomic E-state index is 13.1. The number of hydrogen-bond donors (Lipinski definition) is 0. The van der Waals surface area contributed by atoms with Crippen LogP contribution in [0.1, 0.15) is 45.6 Å². The summed E-state index contributed by atoms with van der Waals surface area (Å²) in [5.74, 6) is 1.16. The van der Waals surface area contributed by atoms with Crippen LogP contribution < -0.4 is 15.0 Å². The molecular formula is C28H39N3O5. The molecule has 0 N–H and O–H groups in total. The van der Waals surface area contributed by atoms with Crippen molar-refractivity contribution in [2.45, 2.75) is 46.2 Å². The Morgan fingerprint density at radius 2 is 1.83 bits per heavy atom. The Morgan fingerprint density at radius 3 is 2.56 bits per heavy atom. The number of fused-ring (bicyclic) bond motifs is 1. The lowest BCUT2D eigenvalue weighted by atomic mass is 9.99. The SMILES string of the molecule is COC(=O)c1c(OCC2CCCN(C)C2)cc(=O)n2c1CCN(Cc1cc(C)c(OC)cc1C)CC2. The van der Waals surface area contributed by atoms with Crippen molar-refractivity contribution >= 4 is 5.97 Å². The smallest absolute Gasteiger partial charge is 0.343 e. The maximum Gasteiger partial charge on any atom is 0.343 e. The summed E-state index contributed by atoms with van der Waals surface area (Å²) in [4.78, 5) is 30.7. The van der Waals surface area contributed by atoms with Crippen LogP contribution in [0.3, 0.4) is 0 Å². The number of carbonyl (C=O) groups excluding carboxylic acids is 1. The van der Waals surface area contributed by atoms with Gasteiger partial charge in [-0.15, -0.1) is 0 Å². The Labute approximate surface area is 213 Å². The molecule has 0 spiro atoms. The molecule has 2 aromatic rings. The van der Waals surface area contributed by atoms with E-state index in [1.165, 1.54) is 24.3 Å². The third-order valence-corrected chi connectivity index (χ3v) is 7.52. The average molecular weight is 498 g/mol. The highest BCUT2D eigenvalue weighted by Gasteiger charge is 2.27. The molecule has 4 rings (SSSR count). The molecule has 0 amide bonds. The van der Waals surface area contributed by atoms with Gasteiger partial charge in [0.2, 0.25) is 0 Å². The molecule has 1 atom stereocenters. The fraction of sp³-hybridized carbons (Fsp3) is 0.571. The van der Waals surface area contributed by atoms with E-state index in [1.54, 1.807) is 11.7 Å². The molecular weight excluding hydrogens is 458 g/mol. The van der Waals surface area contributed by atoms with Gasteiger partial charge in [-0.3, -0.25) is 9.69 Å². The van der Waals surface area contributed by atoms with E-state index in [4.69, 9.17) is 14.2 Å². The van der Waals surface area contributed by atoms with Crippen LogP contribution in [0.15, 0.2) is 23.0 Å². The minimum atomic E-state index is -0.454. The van der Waals surface area contributed by atoms with Crippen molar-refractivity contribution in [2.75, 3.05) is 54.1 Å². The molecule has 196 valence electrons. The van der Waals surface area contributed by atoms with E-state index in [0.717, 1.165) is 50.3 Å². The molecule has 8 nitrogen and oxygen atoms in total. The van der Waals surface area contributed by atoms with E-state index in [0.29, 0.717) is 49.0 Å². The van der Waals surface area contributed by atoms with Gasteiger partial charge in [0, 0.05) is 56.8 Å². The van der Waals surface area contributed by atoms with Gasteiger partial charge in [-0.05, 0) is 63.0 Å². The molecule has 2 aliphatic heterocycles. The standard InChI is InChI=1S/C28H39N3O5/c1-19-14-24(34-4)20(2)13-22(19)17-30-10-8-23-27(28(33)35-5)25(15-26(32)31(23)12-11-30)36-18-21-7-6-9-29(3)16-21/h13-15,21H,6-12,16-18H2,1-5H3. The molecule has 0 bridgehead atoms. The van der Waals surface area contributed by atoms with Crippen molar-refractivity contribution in [1.82, 2.24) is 14.4 Å². The zero-order chi connectivity index (χ0) is 25.8. The first-order valence-corrected chi connectivity index (χ1v) is 12.8. The average Bonchev–Trinajstić information content (AvgIpc) is 3.07. The van der Waals surface area contributed by atoms with Crippen LogP contribution >= 0.6 is 0 Å². The van der Waals surface area contributed by atoms with E-state index in [-0.39, 0.29) is 5.56 Å². The van der Waals surface area contributed by atoms with Gasteiger partial charge in [-0.25, -0.2) is 4.79 Å². The first-order chi connectivity index (χ1) is 17.3. The fourth-order valence-electron chi connectivity index (χ4n) is 5.48. The van der Waals surface area contributed by atoms with Crippen LogP contribution in [0, 0.1) is 19.8 Å². The van der Waals surface area contributed by atoms with Gasteiger partial charge in [-0.2, -0.15) is 0 Å². The topological polar surface area (TPSA) is 73.2 Å². The molecule has 0 aliphatic carbocycles. The number of methoxy groups -OCH3 is 2. The normalized spacial score (nSPS) is 18.9. The number of piperidine rings is 1. The van der Waals surface area contributed by atoms with Gasteiger partial charge < -0.3 is 23.7 Å². The summed E-state index contributed by atoms with van der Waals surface area (Å²) >= 11 is 0. The minimum Gasteiger partial charge on any atom is -0.496 e. The van der Waals surface area contributed by atoms with E-state index in [9.17, 15) is 9.59 Å². The van der Waals surface area contributed by atoms with Gasteiger partial charge in [0.15, 0.2) is 0 Å². The van der Waals surface area contributed by atoms with Crippen molar-refractivity contribution < 1.29 is 19.0 Å². The lowest BCUT2D eigenvalue weighted by Gasteiger charge is -2.29. The lowest BCUT2D eigenvalue weighted by Crippen LogP contribution is -2.35. The van der Waals surface area contributed by atoms with Crippen LogP contribution in [0.25, 0.3) is 0 Å². The van der Waals surface area contributed by atoms with E-state index in [2.05, 4.69) is 42.8 Å². The van der Waals surface area contributed by atoms with Crippen LogP contribution in [0.2, 0.25) is 0 Å². The van der Waals surface area contributed by atoms with Gasteiger partial charge in [-0.1, -0.05) is 6.07 Å². The number of nitrogens with zero attached hydrogens (tertiary/aromatic N) is 3. The van der Waals surface area contributed by atoms with E-state index < -0.39 is 5.97 Å². The number of aryl methyl sites for hydroxylation is 2. The molecule has 3 heterocycles. The third kappa shape index (κ3) is 5.76. The quantitative estimate of drug-likeness (QED) is 0.545. The predicted octanol–water partition coefficient (Wildman–Crippen LogP) is 3.04. The highest BCUT2D eigenvalue weighted by Crippen LogP contribution is 2.27. The largest absolute Gasteiger partial charge is 0.496 e. The highest BCUT2D eigenvalue weighted by molar-refractivity contribution is 5.93. The predicted molar refractivity (Wildman–Crippen MR) is 139 cm³/mol. The Kier molecular flexibility index (Phi) is 8.36. The van der Waals surface area contributed by atoms with Crippen molar-refractivity contribution in [3.05, 3.63) is 56.5 Å². The van der Waals surface area contributed by atoms with Crippen LogP contribution in [-0.2, 0) is 24.2 Å². The first kappa shape index (κ1) is 26.2. The molecule has 1 aromatic carbocycles. The number of aromatic nitrogens is 1. The van der Waals surface area contributed by atoms with Gasteiger partial charge in [0.25, 0.3) is 5.56 Å². The number of likely N-dealkylation sites (tertiary alicyclic amines) is 1. The van der Waals surface area contributed by atoms with E-state index >= 15 is 0 Å². The molecule has 1 aromatic heterocycles. The lowest BCUT2D eigenvalue weighted by molar-refractivity contribution is 0.0590. The molecule has 0 saturated carbocycles. The second-order valence-electron chi connectivity index (χ2n) is 10.2. The number of ether oxygens (including phenoxy) is 3. The van der Waals surface area contributed by atoms with Crippen molar-refractivity contribution in [3.8, 4) is 11.5 Å². The summed E-state index contributed by atoms with van der Waals surface area (Å²) in [5, 5.41) is 0. The van der Waals surface area contributed by atoms with Crippen LogP contribution in [0.4, 0.5) is 0 Å². The Balaban J connectivity index is 1.56. The Hall–Kier alpha value is -2.84. The number of benzene rings is 1. The molecule has 2 aliphatic rings. The highest BCUT2D eigenvalue weighted by atomic mass is 16.5. The van der Waals surface area contributed by atoms with Gasteiger partial charge >= 0.3 is 5.97 Å². The summed E-state index contributed by atoms with van der Waals surface area (Å²) in [6.45, 7) is 9.40. The Morgan fingerprint density at radius 1 is 1.03 bits per heavy atom. The summed E-state index contributed by atoms with van der Waals surface area (Å²) in [5.41, 5.74) is 4.48. The minimum absolute atomic E-state index is 0.133. The summed E-state index contributed by atoms with van der Waals surface area (Å²) in [7, 11) is 5.18. The Bertz CT molecular complexity index is 1160. The number of hydrogen-bond acceptors (Lipinski definition) is 7. The number of rotatable bonds is 7. The molecule has 36 heavy (non-hydrogen) atoms. The molecule has 1 saturated heterocycles. The van der Waals surface area contributed by atoms with E-state index in [1.807, 2.05) is 0 Å². The molecule has 1 unspecified atom stereocenters. The molecule has 8 heteroatoms. The van der Waals surface area contributed by atoms with Crippen LogP contribution in [0.5, 0.6) is 11.5 Å². The van der Waals surface area contributed by atoms with Crippen molar-refractivity contribution in [1.29, 1.82) is 0 Å². The summed E-state index contributed by atoms with van der Waals surface area (Å²) in [6, 6.07) is 5.71. The zero-order valence-electron chi connectivity index (χ0n) is 22.3. The monoisotopic (exact) mass is 497 g/mol. The fourth-order valence-corrected chi connectivity index (χ4v) is 5.48. The number of carbonyl (C=O) groups is 1. The summed E-state index contributed by atoms with van der Waals surface area (Å²) in [6.07, 6.45) is 2.78. The second kappa shape index (κ2) is 11.5. The van der Waals surface area contributed by atoms with Crippen molar-refractivity contribution in [2.24, 2.45) is 5.92 Å². The number of pyridine rings is 1. The van der Waals surface area contributed by atoms with Crippen molar-refractivity contribution in [3.63, 3.8) is 0 Å². The summed E-state index contributed by atoms with van der Waals surface area (Å²) < 4.78 is 18.5. The number of esters is 1. The second-order valence-corrected chi connectivity index (χ2v) is 10.2. The maximum atomic E-state index is 13.1. The molecule has 0 radical (unpaired) electrons. The van der Waals surface area contributed by atoms with Gasteiger partial charge in [0.05, 0.1) is 20.8 Å². The van der Waals surface area contributed by atoms with Gasteiger partial charge in [0.1, 0.15) is 17.1 Å². The first-order valence-electron chi connectivity index (χ1n) is 12.8. The zero-order valence-corrected chi connectivity index (χ0v) is 22.3. The third-order valence-electron chi connectivity index (χ3n) is 7.52. The molecule has 1 fully saturated rings. The van der Waals surface area contributed by atoms with Crippen LogP contribution in [-0.4, -0.2) is 74.4 Å².